The fourth-order valence-corrected chi connectivity index (χ4v) is 3.69. The predicted molar refractivity (Wildman–Crippen MR) is 132 cm³/mol. The summed E-state index contributed by atoms with van der Waals surface area (Å²) in [4.78, 5) is 8.83. The van der Waals surface area contributed by atoms with Crippen LogP contribution in [0.1, 0.15) is 50.3 Å². The van der Waals surface area contributed by atoms with E-state index in [4.69, 9.17) is 20.3 Å². The van der Waals surface area contributed by atoms with Crippen LogP contribution in [-0.4, -0.2) is 23.8 Å². The van der Waals surface area contributed by atoms with E-state index < -0.39 is 0 Å². The molecule has 0 amide bonds. The highest BCUT2D eigenvalue weighted by Crippen LogP contribution is 2.25. The van der Waals surface area contributed by atoms with Crippen molar-refractivity contribution in [3.8, 4) is 0 Å². The molecule has 166 valence electrons. The summed E-state index contributed by atoms with van der Waals surface area (Å²) >= 11 is 0. The first kappa shape index (κ1) is 21.7. The zero-order valence-electron chi connectivity index (χ0n) is 19.1. The second kappa shape index (κ2) is 8.91. The minimum absolute atomic E-state index is 0.150. The van der Waals surface area contributed by atoms with Gasteiger partial charge >= 0.3 is 0 Å². The standard InChI is InChI=1S/C26H30N4O2/c1-15(2)29-25(27)19-7-5-17-11-21(31-23(17)13-19)9-10-22-12-18-6-8-20(14-24(18)32-22)26(28)30-16(3)4/h5-8,11-16H,9-10H2,1-4H3,(H2,27,29)(H2,28,30). The average molecular weight is 431 g/mol. The van der Waals surface area contributed by atoms with Crippen LogP contribution in [0.2, 0.25) is 0 Å². The number of hydrogen-bond acceptors (Lipinski definition) is 4. The Balaban J connectivity index is 1.50. The molecule has 0 saturated carbocycles. The quantitative estimate of drug-likeness (QED) is 0.311. The van der Waals surface area contributed by atoms with Crippen molar-refractivity contribution in [2.75, 3.05) is 0 Å². The Morgan fingerprint density at radius 1 is 0.688 bits per heavy atom. The van der Waals surface area contributed by atoms with Gasteiger partial charge in [0.2, 0.25) is 0 Å². The van der Waals surface area contributed by atoms with Gasteiger partial charge in [0.1, 0.15) is 34.4 Å². The lowest BCUT2D eigenvalue weighted by molar-refractivity contribution is 0.510. The number of fused-ring (bicyclic) bond motifs is 2. The molecule has 4 N–H and O–H groups in total. The minimum Gasteiger partial charge on any atom is -0.461 e. The second-order valence-corrected chi connectivity index (χ2v) is 8.65. The van der Waals surface area contributed by atoms with Crippen molar-refractivity contribution in [3.63, 3.8) is 0 Å². The fourth-order valence-electron chi connectivity index (χ4n) is 3.69. The van der Waals surface area contributed by atoms with E-state index in [1.165, 1.54) is 0 Å². The van der Waals surface area contributed by atoms with Crippen molar-refractivity contribution >= 4 is 33.6 Å². The van der Waals surface area contributed by atoms with Crippen LogP contribution in [-0.2, 0) is 12.8 Å². The van der Waals surface area contributed by atoms with Crippen LogP contribution >= 0.6 is 0 Å². The van der Waals surface area contributed by atoms with E-state index in [2.05, 4.69) is 22.1 Å². The first-order chi connectivity index (χ1) is 15.3. The van der Waals surface area contributed by atoms with Crippen molar-refractivity contribution in [1.29, 1.82) is 0 Å². The molecule has 0 bridgehead atoms. The number of nitrogens with zero attached hydrogens (tertiary/aromatic N) is 2. The van der Waals surface area contributed by atoms with E-state index in [1.807, 2.05) is 64.1 Å². The van der Waals surface area contributed by atoms with Gasteiger partial charge in [-0.05, 0) is 52.0 Å². The van der Waals surface area contributed by atoms with Crippen LogP contribution in [0.15, 0.2) is 67.4 Å². The van der Waals surface area contributed by atoms with E-state index in [0.29, 0.717) is 11.7 Å². The molecule has 2 aromatic heterocycles. The van der Waals surface area contributed by atoms with Gasteiger partial charge in [-0.3, -0.25) is 9.98 Å². The van der Waals surface area contributed by atoms with Crippen LogP contribution in [0.4, 0.5) is 0 Å². The largest absolute Gasteiger partial charge is 0.461 e. The molecule has 0 unspecified atom stereocenters. The summed E-state index contributed by atoms with van der Waals surface area (Å²) in [5.74, 6) is 2.87. The lowest BCUT2D eigenvalue weighted by atomic mass is 10.1. The van der Waals surface area contributed by atoms with E-state index in [-0.39, 0.29) is 12.1 Å². The van der Waals surface area contributed by atoms with E-state index >= 15 is 0 Å². The molecule has 32 heavy (non-hydrogen) atoms. The highest BCUT2D eigenvalue weighted by atomic mass is 16.3. The lowest BCUT2D eigenvalue weighted by Gasteiger charge is -2.03. The summed E-state index contributed by atoms with van der Waals surface area (Å²) in [6.45, 7) is 8.01. The van der Waals surface area contributed by atoms with Crippen LogP contribution < -0.4 is 11.5 Å². The van der Waals surface area contributed by atoms with E-state index in [0.717, 1.165) is 57.4 Å². The molecule has 6 heteroatoms. The van der Waals surface area contributed by atoms with Gasteiger partial charge in [0, 0.05) is 46.8 Å². The highest BCUT2D eigenvalue weighted by Gasteiger charge is 2.11. The SMILES string of the molecule is CC(C)N=C(N)c1ccc2cc(CCc3cc4ccc(C(N)=NC(C)C)cc4o3)oc2c1. The normalized spacial score (nSPS) is 13.2. The molecule has 0 atom stereocenters. The minimum atomic E-state index is 0.150. The summed E-state index contributed by atoms with van der Waals surface area (Å²) in [5.41, 5.74) is 15.6. The number of hydrogen-bond donors (Lipinski definition) is 2. The van der Waals surface area contributed by atoms with E-state index in [1.54, 1.807) is 0 Å². The molecular weight excluding hydrogens is 400 g/mol. The predicted octanol–water partition coefficient (Wildman–Crippen LogP) is 5.19. The fraction of sp³-hybridized carbons (Fsp3) is 0.308. The third-order valence-corrected chi connectivity index (χ3v) is 5.15. The Bertz CT molecular complexity index is 1210. The Morgan fingerprint density at radius 3 is 1.47 bits per heavy atom. The first-order valence-corrected chi connectivity index (χ1v) is 11.0. The Morgan fingerprint density at radius 2 is 1.09 bits per heavy atom. The van der Waals surface area contributed by atoms with Crippen molar-refractivity contribution in [2.45, 2.75) is 52.6 Å². The third-order valence-electron chi connectivity index (χ3n) is 5.15. The van der Waals surface area contributed by atoms with Gasteiger partial charge in [-0.25, -0.2) is 0 Å². The van der Waals surface area contributed by atoms with Crippen molar-refractivity contribution in [2.24, 2.45) is 21.5 Å². The molecule has 0 radical (unpaired) electrons. The smallest absolute Gasteiger partial charge is 0.135 e. The van der Waals surface area contributed by atoms with Gasteiger partial charge in [-0.2, -0.15) is 0 Å². The maximum Gasteiger partial charge on any atom is 0.135 e. The molecule has 0 spiro atoms. The summed E-state index contributed by atoms with van der Waals surface area (Å²) in [7, 11) is 0. The number of benzene rings is 2. The summed E-state index contributed by atoms with van der Waals surface area (Å²) < 4.78 is 12.1. The molecular formula is C26H30N4O2. The first-order valence-electron chi connectivity index (χ1n) is 11.0. The summed E-state index contributed by atoms with van der Waals surface area (Å²) in [5, 5.41) is 2.10. The van der Waals surface area contributed by atoms with Crippen molar-refractivity contribution in [1.82, 2.24) is 0 Å². The van der Waals surface area contributed by atoms with Crippen LogP contribution in [0, 0.1) is 0 Å². The molecule has 6 nitrogen and oxygen atoms in total. The maximum absolute atomic E-state index is 6.10. The van der Waals surface area contributed by atoms with Crippen LogP contribution in [0.3, 0.4) is 0 Å². The Kier molecular flexibility index (Phi) is 6.04. The molecule has 4 rings (SSSR count). The van der Waals surface area contributed by atoms with Crippen molar-refractivity contribution in [3.05, 3.63) is 71.2 Å². The van der Waals surface area contributed by atoms with Gasteiger partial charge in [0.15, 0.2) is 0 Å². The van der Waals surface area contributed by atoms with Crippen LogP contribution in [0.25, 0.3) is 21.9 Å². The average Bonchev–Trinajstić information content (AvgIpc) is 3.33. The lowest BCUT2D eigenvalue weighted by Crippen LogP contribution is -2.15. The van der Waals surface area contributed by atoms with Gasteiger partial charge < -0.3 is 20.3 Å². The number of nitrogens with two attached hydrogens (primary N) is 2. The molecule has 0 aliphatic carbocycles. The Hall–Kier alpha value is -3.54. The van der Waals surface area contributed by atoms with Gasteiger partial charge in [0.25, 0.3) is 0 Å². The zero-order chi connectivity index (χ0) is 22.8. The molecule has 4 aromatic rings. The van der Waals surface area contributed by atoms with Crippen molar-refractivity contribution < 1.29 is 8.83 Å². The highest BCUT2D eigenvalue weighted by molar-refractivity contribution is 6.01. The van der Waals surface area contributed by atoms with Crippen LogP contribution in [0.5, 0.6) is 0 Å². The number of aliphatic imine (C=N–C) groups is 2. The number of amidine groups is 2. The number of rotatable bonds is 7. The van der Waals surface area contributed by atoms with Gasteiger partial charge in [-0.15, -0.1) is 0 Å². The molecule has 0 saturated heterocycles. The zero-order valence-corrected chi connectivity index (χ0v) is 19.1. The molecule has 0 fully saturated rings. The topological polar surface area (TPSA) is 103 Å². The molecule has 0 aliphatic rings. The monoisotopic (exact) mass is 430 g/mol. The summed E-state index contributed by atoms with van der Waals surface area (Å²) in [6.07, 6.45) is 1.48. The van der Waals surface area contributed by atoms with Gasteiger partial charge in [0.05, 0.1) is 0 Å². The second-order valence-electron chi connectivity index (χ2n) is 8.65. The number of furan rings is 2. The van der Waals surface area contributed by atoms with Gasteiger partial charge in [-0.1, -0.05) is 24.3 Å². The maximum atomic E-state index is 6.10. The molecule has 2 aromatic carbocycles. The number of aryl methyl sites for hydroxylation is 2. The Labute approximate surface area is 188 Å². The third kappa shape index (κ3) is 4.85. The van der Waals surface area contributed by atoms with E-state index in [9.17, 15) is 0 Å². The molecule has 2 heterocycles. The summed E-state index contributed by atoms with van der Waals surface area (Å²) in [6, 6.07) is 16.3. The molecule has 0 aliphatic heterocycles.